The van der Waals surface area contributed by atoms with Crippen LogP contribution in [0.25, 0.3) is 0 Å². The molecule has 0 fully saturated rings. The topological polar surface area (TPSA) is 12.0 Å². The quantitative estimate of drug-likeness (QED) is 0.757. The molecule has 0 bridgehead atoms. The van der Waals surface area contributed by atoms with E-state index in [0.29, 0.717) is 6.04 Å². The lowest BCUT2D eigenvalue weighted by molar-refractivity contribution is 0.470. The van der Waals surface area contributed by atoms with Crippen LogP contribution in [0.2, 0.25) is 5.02 Å². The minimum atomic E-state index is 0.678. The lowest BCUT2D eigenvalue weighted by Gasteiger charge is -2.14. The Labute approximate surface area is 104 Å². The van der Waals surface area contributed by atoms with Gasteiger partial charge in [-0.25, -0.2) is 0 Å². The second-order valence-corrected chi connectivity index (χ2v) is 4.73. The van der Waals surface area contributed by atoms with Crippen LogP contribution in [0.1, 0.15) is 38.2 Å². The van der Waals surface area contributed by atoms with Gasteiger partial charge >= 0.3 is 0 Å². The van der Waals surface area contributed by atoms with E-state index in [1.807, 2.05) is 12.1 Å². The number of aryl methyl sites for hydroxylation is 1. The van der Waals surface area contributed by atoms with E-state index in [9.17, 15) is 0 Å². The van der Waals surface area contributed by atoms with Crippen LogP contribution in [0.5, 0.6) is 0 Å². The molecule has 1 aromatic carbocycles. The molecule has 2 heteroatoms. The molecule has 0 aliphatic heterocycles. The summed E-state index contributed by atoms with van der Waals surface area (Å²) in [7, 11) is 2.06. The van der Waals surface area contributed by atoms with Crippen LogP contribution in [0, 0.1) is 0 Å². The molecule has 0 spiro atoms. The summed E-state index contributed by atoms with van der Waals surface area (Å²) in [5, 5.41) is 4.20. The predicted octanol–water partition coefficient (Wildman–Crippen LogP) is 4.05. The van der Waals surface area contributed by atoms with Crippen molar-refractivity contribution in [1.29, 1.82) is 0 Å². The van der Waals surface area contributed by atoms with Gasteiger partial charge < -0.3 is 5.32 Å². The first-order valence-corrected chi connectivity index (χ1v) is 6.55. The second kappa shape index (κ2) is 7.70. The van der Waals surface area contributed by atoms with Crippen molar-refractivity contribution in [1.82, 2.24) is 5.32 Å². The van der Waals surface area contributed by atoms with Gasteiger partial charge in [0.25, 0.3) is 0 Å². The van der Waals surface area contributed by atoms with Gasteiger partial charge in [0.15, 0.2) is 0 Å². The van der Waals surface area contributed by atoms with Gasteiger partial charge in [0.2, 0.25) is 0 Å². The Bertz CT molecular complexity index is 281. The van der Waals surface area contributed by atoms with Gasteiger partial charge in [0.1, 0.15) is 0 Å². The normalized spacial score (nSPS) is 12.7. The number of hydrogen-bond donors (Lipinski definition) is 1. The average molecular weight is 240 g/mol. The van der Waals surface area contributed by atoms with Crippen molar-refractivity contribution in [2.24, 2.45) is 0 Å². The Hall–Kier alpha value is -0.530. The molecule has 0 aromatic heterocycles. The van der Waals surface area contributed by atoms with E-state index in [1.165, 1.54) is 31.2 Å². The highest BCUT2D eigenvalue weighted by molar-refractivity contribution is 6.30. The van der Waals surface area contributed by atoms with Gasteiger partial charge in [-0.2, -0.15) is 0 Å². The Kier molecular flexibility index (Phi) is 6.51. The van der Waals surface area contributed by atoms with Gasteiger partial charge in [-0.1, -0.05) is 37.1 Å². The molecule has 1 nitrogen and oxygen atoms in total. The first kappa shape index (κ1) is 13.5. The first-order chi connectivity index (χ1) is 7.76. The zero-order valence-electron chi connectivity index (χ0n) is 10.3. The summed E-state index contributed by atoms with van der Waals surface area (Å²) in [6.07, 6.45) is 6.18. The van der Waals surface area contributed by atoms with Crippen molar-refractivity contribution in [2.45, 2.75) is 45.1 Å². The highest BCUT2D eigenvalue weighted by Crippen LogP contribution is 2.13. The molecular formula is C14H22ClN. The molecule has 1 N–H and O–H groups in total. The number of benzene rings is 1. The van der Waals surface area contributed by atoms with Gasteiger partial charge in [-0.15, -0.1) is 0 Å². The van der Waals surface area contributed by atoms with Crippen LogP contribution >= 0.6 is 11.6 Å². The highest BCUT2D eigenvalue weighted by Gasteiger charge is 2.04. The Balaban J connectivity index is 2.26. The molecule has 0 radical (unpaired) electrons. The summed E-state index contributed by atoms with van der Waals surface area (Å²) < 4.78 is 0. The maximum absolute atomic E-state index is 5.85. The predicted molar refractivity (Wildman–Crippen MR) is 72.1 cm³/mol. The number of rotatable bonds is 7. The molecule has 1 unspecified atom stereocenters. The van der Waals surface area contributed by atoms with Crippen LogP contribution in [0.3, 0.4) is 0 Å². The molecule has 0 amide bonds. The number of hydrogen-bond acceptors (Lipinski definition) is 1. The Morgan fingerprint density at radius 1 is 1.19 bits per heavy atom. The third-order valence-corrected chi connectivity index (χ3v) is 3.23. The number of nitrogens with one attached hydrogen (secondary N) is 1. The van der Waals surface area contributed by atoms with Crippen molar-refractivity contribution < 1.29 is 0 Å². The van der Waals surface area contributed by atoms with Gasteiger partial charge in [0, 0.05) is 11.1 Å². The first-order valence-electron chi connectivity index (χ1n) is 6.18. The summed E-state index contributed by atoms with van der Waals surface area (Å²) in [4.78, 5) is 0. The van der Waals surface area contributed by atoms with E-state index in [2.05, 4.69) is 31.4 Å². The summed E-state index contributed by atoms with van der Waals surface area (Å²) in [6.45, 7) is 2.24. The Morgan fingerprint density at radius 3 is 2.44 bits per heavy atom. The van der Waals surface area contributed by atoms with Crippen LogP contribution in [0.15, 0.2) is 24.3 Å². The maximum atomic E-state index is 5.85. The van der Waals surface area contributed by atoms with Crippen LogP contribution in [-0.2, 0) is 6.42 Å². The summed E-state index contributed by atoms with van der Waals surface area (Å²) >= 11 is 5.85. The zero-order valence-corrected chi connectivity index (χ0v) is 11.1. The lowest BCUT2D eigenvalue weighted by atomic mass is 10.0. The molecule has 1 rings (SSSR count). The van der Waals surface area contributed by atoms with Gasteiger partial charge in [-0.3, -0.25) is 0 Å². The fraction of sp³-hybridized carbons (Fsp3) is 0.571. The third-order valence-electron chi connectivity index (χ3n) is 2.98. The molecular weight excluding hydrogens is 218 g/mol. The molecule has 0 heterocycles. The molecule has 0 saturated heterocycles. The van der Waals surface area contributed by atoms with Crippen molar-refractivity contribution in [3.8, 4) is 0 Å². The minimum Gasteiger partial charge on any atom is -0.317 e. The standard InChI is InChI=1S/C14H22ClN/c1-3-5-14(16-2)7-4-6-12-8-10-13(15)11-9-12/h8-11,14,16H,3-7H2,1-2H3. The van der Waals surface area contributed by atoms with Gasteiger partial charge in [-0.05, 0) is 50.4 Å². The average Bonchev–Trinajstić information content (AvgIpc) is 2.30. The van der Waals surface area contributed by atoms with E-state index in [1.54, 1.807) is 0 Å². The monoisotopic (exact) mass is 239 g/mol. The molecule has 0 aliphatic rings. The van der Waals surface area contributed by atoms with Crippen molar-refractivity contribution in [3.63, 3.8) is 0 Å². The molecule has 1 atom stereocenters. The van der Waals surface area contributed by atoms with E-state index in [-0.39, 0.29) is 0 Å². The van der Waals surface area contributed by atoms with Crippen LogP contribution < -0.4 is 5.32 Å². The molecule has 1 aromatic rings. The van der Waals surface area contributed by atoms with Crippen LogP contribution in [0.4, 0.5) is 0 Å². The van der Waals surface area contributed by atoms with Gasteiger partial charge in [0.05, 0.1) is 0 Å². The van der Waals surface area contributed by atoms with E-state index >= 15 is 0 Å². The molecule has 16 heavy (non-hydrogen) atoms. The minimum absolute atomic E-state index is 0.678. The summed E-state index contributed by atoms with van der Waals surface area (Å²) in [5.41, 5.74) is 1.38. The van der Waals surface area contributed by atoms with E-state index < -0.39 is 0 Å². The fourth-order valence-corrected chi connectivity index (χ4v) is 2.11. The lowest BCUT2D eigenvalue weighted by Crippen LogP contribution is -2.24. The largest absolute Gasteiger partial charge is 0.317 e. The fourth-order valence-electron chi connectivity index (χ4n) is 1.99. The van der Waals surface area contributed by atoms with Crippen LogP contribution in [-0.4, -0.2) is 13.1 Å². The summed E-state index contributed by atoms with van der Waals surface area (Å²) in [5.74, 6) is 0. The molecule has 0 aliphatic carbocycles. The summed E-state index contributed by atoms with van der Waals surface area (Å²) in [6, 6.07) is 8.86. The SMILES string of the molecule is CCCC(CCCc1ccc(Cl)cc1)NC. The van der Waals surface area contributed by atoms with Crippen molar-refractivity contribution in [2.75, 3.05) is 7.05 Å². The smallest absolute Gasteiger partial charge is 0.0406 e. The van der Waals surface area contributed by atoms with Crippen molar-refractivity contribution in [3.05, 3.63) is 34.9 Å². The second-order valence-electron chi connectivity index (χ2n) is 4.29. The van der Waals surface area contributed by atoms with E-state index in [4.69, 9.17) is 11.6 Å². The number of halogens is 1. The molecule has 90 valence electrons. The highest BCUT2D eigenvalue weighted by atomic mass is 35.5. The third kappa shape index (κ3) is 5.00. The van der Waals surface area contributed by atoms with Crippen molar-refractivity contribution >= 4 is 11.6 Å². The van der Waals surface area contributed by atoms with E-state index in [0.717, 1.165) is 11.4 Å². The molecule has 0 saturated carbocycles. The zero-order chi connectivity index (χ0) is 11.8. The maximum Gasteiger partial charge on any atom is 0.0406 e. The Morgan fingerprint density at radius 2 is 1.88 bits per heavy atom.